The van der Waals surface area contributed by atoms with Crippen molar-refractivity contribution in [2.24, 2.45) is 0 Å². The molecule has 2 rings (SSSR count). The molecule has 0 amide bonds. The largest absolute Gasteiger partial charge is 0.478 e. The Morgan fingerprint density at radius 3 is 2.63 bits per heavy atom. The molecule has 0 aliphatic carbocycles. The number of aromatic carboxylic acids is 1. The summed E-state index contributed by atoms with van der Waals surface area (Å²) in [4.78, 5) is 15.3. The summed E-state index contributed by atoms with van der Waals surface area (Å²) in [6.07, 6.45) is 0.669. The average molecular weight is 257 g/mol. The predicted molar refractivity (Wildman–Crippen MR) is 71.3 cm³/mol. The van der Waals surface area contributed by atoms with Crippen molar-refractivity contribution in [3.63, 3.8) is 0 Å². The fourth-order valence-electron chi connectivity index (χ4n) is 1.67. The van der Waals surface area contributed by atoms with Gasteiger partial charge in [-0.1, -0.05) is 37.3 Å². The van der Waals surface area contributed by atoms with Crippen LogP contribution in [0.4, 0.5) is 0 Å². The standard InChI is InChI=1S/C15H15NO3/c1-2-13-8-12(15(17)18)9-14(16-13)19-10-11-6-4-3-5-7-11/h3-9H,2,10H2,1H3,(H,17,18). The fourth-order valence-corrected chi connectivity index (χ4v) is 1.67. The Labute approximate surface area is 111 Å². The van der Waals surface area contributed by atoms with Crippen LogP contribution in [0.2, 0.25) is 0 Å². The van der Waals surface area contributed by atoms with Gasteiger partial charge in [0, 0.05) is 11.8 Å². The summed E-state index contributed by atoms with van der Waals surface area (Å²) in [5.74, 6) is -0.623. The summed E-state index contributed by atoms with van der Waals surface area (Å²) in [5, 5.41) is 9.03. The zero-order valence-corrected chi connectivity index (χ0v) is 10.7. The molecule has 4 nitrogen and oxygen atoms in total. The first kappa shape index (κ1) is 13.1. The van der Waals surface area contributed by atoms with Gasteiger partial charge >= 0.3 is 5.97 Å². The van der Waals surface area contributed by atoms with E-state index in [0.29, 0.717) is 24.6 Å². The highest BCUT2D eigenvalue weighted by Crippen LogP contribution is 2.15. The molecule has 0 fully saturated rings. The van der Waals surface area contributed by atoms with E-state index in [0.717, 1.165) is 5.56 Å². The predicted octanol–water partition coefficient (Wildman–Crippen LogP) is 2.92. The molecule has 2 aromatic rings. The summed E-state index contributed by atoms with van der Waals surface area (Å²) in [7, 11) is 0. The Kier molecular flexibility index (Phi) is 4.13. The second-order valence-corrected chi connectivity index (χ2v) is 4.12. The summed E-state index contributed by atoms with van der Waals surface area (Å²) in [6.45, 7) is 2.30. The van der Waals surface area contributed by atoms with E-state index in [9.17, 15) is 4.79 Å². The van der Waals surface area contributed by atoms with E-state index in [2.05, 4.69) is 4.98 Å². The Bertz CT molecular complexity index is 567. The number of nitrogens with zero attached hydrogens (tertiary/aromatic N) is 1. The molecule has 98 valence electrons. The molecule has 0 unspecified atom stereocenters. The van der Waals surface area contributed by atoms with E-state index in [1.165, 1.54) is 6.07 Å². The number of benzene rings is 1. The molecule has 19 heavy (non-hydrogen) atoms. The quantitative estimate of drug-likeness (QED) is 0.894. The third kappa shape index (κ3) is 3.55. The lowest BCUT2D eigenvalue weighted by atomic mass is 10.2. The Balaban J connectivity index is 2.15. The van der Waals surface area contributed by atoms with Crippen LogP contribution in [-0.2, 0) is 13.0 Å². The number of aryl methyl sites for hydroxylation is 1. The molecule has 0 radical (unpaired) electrons. The number of rotatable bonds is 5. The highest BCUT2D eigenvalue weighted by molar-refractivity contribution is 5.88. The molecule has 1 N–H and O–H groups in total. The van der Waals surface area contributed by atoms with Gasteiger partial charge in [-0.3, -0.25) is 0 Å². The smallest absolute Gasteiger partial charge is 0.335 e. The van der Waals surface area contributed by atoms with Gasteiger partial charge in [-0.05, 0) is 18.1 Å². The summed E-state index contributed by atoms with van der Waals surface area (Å²) < 4.78 is 5.55. The van der Waals surface area contributed by atoms with Gasteiger partial charge in [0.2, 0.25) is 5.88 Å². The van der Waals surface area contributed by atoms with E-state index < -0.39 is 5.97 Å². The maximum atomic E-state index is 11.0. The van der Waals surface area contributed by atoms with Crippen LogP contribution in [0, 0.1) is 0 Å². The van der Waals surface area contributed by atoms with Crippen molar-refractivity contribution < 1.29 is 14.6 Å². The lowest BCUT2D eigenvalue weighted by Crippen LogP contribution is -2.03. The number of carbonyl (C=O) groups is 1. The topological polar surface area (TPSA) is 59.4 Å². The number of carboxylic acids is 1. The average Bonchev–Trinajstić information content (AvgIpc) is 2.45. The van der Waals surface area contributed by atoms with Crippen LogP contribution in [0.3, 0.4) is 0 Å². The zero-order chi connectivity index (χ0) is 13.7. The van der Waals surface area contributed by atoms with Gasteiger partial charge in [0.15, 0.2) is 0 Å². The van der Waals surface area contributed by atoms with Crippen LogP contribution in [-0.4, -0.2) is 16.1 Å². The Morgan fingerprint density at radius 2 is 2.00 bits per heavy atom. The first-order chi connectivity index (χ1) is 9.19. The number of ether oxygens (including phenoxy) is 1. The minimum Gasteiger partial charge on any atom is -0.478 e. The third-order valence-electron chi connectivity index (χ3n) is 2.69. The van der Waals surface area contributed by atoms with Gasteiger partial charge in [0.25, 0.3) is 0 Å². The monoisotopic (exact) mass is 257 g/mol. The molecular weight excluding hydrogens is 242 g/mol. The molecule has 0 aliphatic heterocycles. The van der Waals surface area contributed by atoms with Crippen molar-refractivity contribution in [3.05, 3.63) is 59.3 Å². The maximum absolute atomic E-state index is 11.0. The van der Waals surface area contributed by atoms with Crippen molar-refractivity contribution in [2.75, 3.05) is 0 Å². The lowest BCUT2D eigenvalue weighted by Gasteiger charge is -2.08. The van der Waals surface area contributed by atoms with Gasteiger partial charge in [0.1, 0.15) is 6.61 Å². The zero-order valence-electron chi connectivity index (χ0n) is 10.7. The minimum atomic E-state index is -0.971. The van der Waals surface area contributed by atoms with Crippen LogP contribution in [0.25, 0.3) is 0 Å². The van der Waals surface area contributed by atoms with Gasteiger partial charge < -0.3 is 9.84 Å². The van der Waals surface area contributed by atoms with Crippen molar-refractivity contribution >= 4 is 5.97 Å². The van der Waals surface area contributed by atoms with Crippen LogP contribution < -0.4 is 4.74 Å². The van der Waals surface area contributed by atoms with Gasteiger partial charge in [-0.25, -0.2) is 9.78 Å². The van der Waals surface area contributed by atoms with E-state index in [1.807, 2.05) is 37.3 Å². The van der Waals surface area contributed by atoms with Crippen molar-refractivity contribution in [2.45, 2.75) is 20.0 Å². The first-order valence-electron chi connectivity index (χ1n) is 6.10. The van der Waals surface area contributed by atoms with Gasteiger partial charge in [-0.15, -0.1) is 0 Å². The van der Waals surface area contributed by atoms with E-state index in [-0.39, 0.29) is 5.56 Å². The molecule has 1 heterocycles. The highest BCUT2D eigenvalue weighted by atomic mass is 16.5. The van der Waals surface area contributed by atoms with E-state index >= 15 is 0 Å². The molecule has 1 aromatic heterocycles. The number of hydrogen-bond donors (Lipinski definition) is 1. The summed E-state index contributed by atoms with van der Waals surface area (Å²) >= 11 is 0. The molecule has 0 saturated heterocycles. The second-order valence-electron chi connectivity index (χ2n) is 4.12. The fraction of sp³-hybridized carbons (Fsp3) is 0.200. The van der Waals surface area contributed by atoms with Crippen molar-refractivity contribution in [1.82, 2.24) is 4.98 Å². The van der Waals surface area contributed by atoms with Crippen LogP contribution in [0.15, 0.2) is 42.5 Å². The third-order valence-corrected chi connectivity index (χ3v) is 2.69. The highest BCUT2D eigenvalue weighted by Gasteiger charge is 2.08. The molecule has 0 saturated carbocycles. The molecule has 4 heteroatoms. The Hall–Kier alpha value is -2.36. The van der Waals surface area contributed by atoms with E-state index in [1.54, 1.807) is 6.07 Å². The SMILES string of the molecule is CCc1cc(C(=O)O)cc(OCc2ccccc2)n1. The summed E-state index contributed by atoms with van der Waals surface area (Å²) in [6, 6.07) is 12.7. The molecule has 0 aliphatic rings. The Morgan fingerprint density at radius 1 is 1.26 bits per heavy atom. The normalized spacial score (nSPS) is 10.2. The molecule has 1 aromatic carbocycles. The second kappa shape index (κ2) is 6.00. The van der Waals surface area contributed by atoms with Crippen molar-refractivity contribution in [3.8, 4) is 5.88 Å². The van der Waals surface area contributed by atoms with Gasteiger partial charge in [0.05, 0.1) is 5.56 Å². The molecular formula is C15H15NO3. The number of aromatic nitrogens is 1. The first-order valence-corrected chi connectivity index (χ1v) is 6.10. The van der Waals surface area contributed by atoms with Gasteiger partial charge in [-0.2, -0.15) is 0 Å². The molecule has 0 bridgehead atoms. The lowest BCUT2D eigenvalue weighted by molar-refractivity contribution is 0.0696. The van der Waals surface area contributed by atoms with Crippen LogP contribution in [0.5, 0.6) is 5.88 Å². The van der Waals surface area contributed by atoms with Crippen LogP contribution >= 0.6 is 0 Å². The van der Waals surface area contributed by atoms with Crippen LogP contribution in [0.1, 0.15) is 28.5 Å². The number of hydrogen-bond acceptors (Lipinski definition) is 3. The van der Waals surface area contributed by atoms with Crippen molar-refractivity contribution in [1.29, 1.82) is 0 Å². The molecule has 0 spiro atoms. The van der Waals surface area contributed by atoms with E-state index in [4.69, 9.17) is 9.84 Å². The minimum absolute atomic E-state index is 0.204. The summed E-state index contributed by atoms with van der Waals surface area (Å²) in [5.41, 5.74) is 1.93. The maximum Gasteiger partial charge on any atom is 0.335 e. The molecule has 0 atom stereocenters. The number of pyridine rings is 1. The number of carboxylic acid groups (broad SMARTS) is 1.